The number of hydrogen-bond acceptors (Lipinski definition) is 4. The van der Waals surface area contributed by atoms with Gasteiger partial charge < -0.3 is 14.8 Å². The van der Waals surface area contributed by atoms with Gasteiger partial charge in [0.2, 0.25) is 0 Å². The van der Waals surface area contributed by atoms with Crippen LogP contribution in [0.3, 0.4) is 0 Å². The second kappa shape index (κ2) is 12.5. The summed E-state index contributed by atoms with van der Waals surface area (Å²) < 4.78 is 10.1. The van der Waals surface area contributed by atoms with Gasteiger partial charge >= 0.3 is 12.1 Å². The van der Waals surface area contributed by atoms with E-state index in [0.717, 1.165) is 32.1 Å². The molecule has 1 atom stereocenters. The Morgan fingerprint density at radius 2 is 1.75 bits per heavy atom. The molecule has 1 amide bonds. The summed E-state index contributed by atoms with van der Waals surface area (Å²) in [7, 11) is 0. The van der Waals surface area contributed by atoms with Crippen molar-refractivity contribution in [3.63, 3.8) is 0 Å². The highest BCUT2D eigenvalue weighted by molar-refractivity contribution is 5.81. The molecule has 0 aliphatic rings. The molecular formula is C15H27NO4. The average Bonchev–Trinajstić information content (AvgIpc) is 2.43. The summed E-state index contributed by atoms with van der Waals surface area (Å²) in [4.78, 5) is 23.3. The largest absolute Gasteiger partial charge is 0.464 e. The average molecular weight is 285 g/mol. The molecule has 0 aromatic carbocycles. The predicted molar refractivity (Wildman–Crippen MR) is 78.5 cm³/mol. The lowest BCUT2D eigenvalue weighted by Crippen LogP contribution is -2.42. The Labute approximate surface area is 121 Å². The van der Waals surface area contributed by atoms with E-state index < -0.39 is 18.1 Å². The molecule has 5 heteroatoms. The zero-order valence-corrected chi connectivity index (χ0v) is 12.7. The summed E-state index contributed by atoms with van der Waals surface area (Å²) >= 11 is 0. The number of carbonyl (C=O) groups excluding carboxylic acids is 2. The molecule has 0 aliphatic heterocycles. The van der Waals surface area contributed by atoms with E-state index in [1.807, 2.05) is 6.92 Å². The lowest BCUT2D eigenvalue weighted by atomic mass is 10.2. The highest BCUT2D eigenvalue weighted by Crippen LogP contribution is 2.01. The summed E-state index contributed by atoms with van der Waals surface area (Å²) in [6.45, 7) is 8.40. The number of rotatable bonds is 11. The highest BCUT2D eigenvalue weighted by Gasteiger charge is 2.21. The van der Waals surface area contributed by atoms with Crippen molar-refractivity contribution in [3.8, 4) is 0 Å². The monoisotopic (exact) mass is 285 g/mol. The zero-order valence-electron chi connectivity index (χ0n) is 12.7. The summed E-state index contributed by atoms with van der Waals surface area (Å²) in [6.07, 6.45) is 5.99. The third kappa shape index (κ3) is 9.42. The lowest BCUT2D eigenvalue weighted by Gasteiger charge is -2.16. The molecule has 0 rings (SSSR count). The fraction of sp³-hybridized carbons (Fsp3) is 0.733. The molecule has 0 saturated carbocycles. The predicted octanol–water partition coefficient (Wildman–Crippen LogP) is 3.19. The van der Waals surface area contributed by atoms with Crippen LogP contribution < -0.4 is 5.32 Å². The van der Waals surface area contributed by atoms with Gasteiger partial charge in [0.25, 0.3) is 0 Å². The number of esters is 1. The van der Waals surface area contributed by atoms with E-state index in [4.69, 9.17) is 9.47 Å². The molecule has 0 spiro atoms. The van der Waals surface area contributed by atoms with Crippen molar-refractivity contribution in [3.05, 3.63) is 12.7 Å². The first-order valence-electron chi connectivity index (χ1n) is 7.36. The topological polar surface area (TPSA) is 64.6 Å². The van der Waals surface area contributed by atoms with Crippen molar-refractivity contribution in [2.24, 2.45) is 0 Å². The quantitative estimate of drug-likeness (QED) is 0.360. The maximum atomic E-state index is 11.8. The molecule has 0 saturated heterocycles. The summed E-state index contributed by atoms with van der Waals surface area (Å²) in [6, 6.07) is -0.719. The second-order valence-electron chi connectivity index (χ2n) is 4.59. The third-order valence-corrected chi connectivity index (χ3v) is 2.70. The molecule has 5 nitrogen and oxygen atoms in total. The summed E-state index contributed by atoms with van der Waals surface area (Å²) in [5.41, 5.74) is 0. The van der Waals surface area contributed by atoms with Crippen LogP contribution in [0, 0.1) is 0 Å². The van der Waals surface area contributed by atoms with E-state index in [1.54, 1.807) is 6.08 Å². The number of hydrogen-bond donors (Lipinski definition) is 1. The van der Waals surface area contributed by atoms with Crippen LogP contribution in [0.15, 0.2) is 12.7 Å². The number of nitrogens with one attached hydrogen (secondary N) is 1. The normalized spacial score (nSPS) is 11.5. The lowest BCUT2D eigenvalue weighted by molar-refractivity contribution is -0.146. The van der Waals surface area contributed by atoms with Gasteiger partial charge in [-0.2, -0.15) is 0 Å². The first-order valence-corrected chi connectivity index (χ1v) is 7.36. The van der Waals surface area contributed by atoms with Crippen molar-refractivity contribution >= 4 is 12.1 Å². The Bertz CT molecular complexity index is 292. The molecule has 0 heterocycles. The number of alkyl carbamates (subject to hydrolysis) is 1. The number of ether oxygens (including phenoxy) is 2. The van der Waals surface area contributed by atoms with Gasteiger partial charge in [-0.15, -0.1) is 6.58 Å². The van der Waals surface area contributed by atoms with Crippen LogP contribution in [0.2, 0.25) is 0 Å². The van der Waals surface area contributed by atoms with Crippen molar-refractivity contribution in [2.75, 3.05) is 13.2 Å². The molecule has 0 aromatic rings. The first kappa shape index (κ1) is 18.5. The fourth-order valence-electron chi connectivity index (χ4n) is 1.50. The van der Waals surface area contributed by atoms with Crippen LogP contribution in [0.5, 0.6) is 0 Å². The van der Waals surface area contributed by atoms with Crippen molar-refractivity contribution in [1.82, 2.24) is 5.32 Å². The van der Waals surface area contributed by atoms with Gasteiger partial charge in [-0.1, -0.05) is 39.2 Å². The minimum absolute atomic E-state index is 0.329. The third-order valence-electron chi connectivity index (χ3n) is 2.70. The Kier molecular flexibility index (Phi) is 11.6. The fourth-order valence-corrected chi connectivity index (χ4v) is 1.50. The van der Waals surface area contributed by atoms with Crippen molar-refractivity contribution < 1.29 is 19.1 Å². The summed E-state index contributed by atoms with van der Waals surface area (Å²) in [5, 5.41) is 2.51. The molecule has 0 radical (unpaired) electrons. The Balaban J connectivity index is 4.08. The highest BCUT2D eigenvalue weighted by atomic mass is 16.6. The minimum Gasteiger partial charge on any atom is -0.464 e. The Morgan fingerprint density at radius 1 is 1.10 bits per heavy atom. The molecule has 0 aliphatic carbocycles. The molecule has 0 fully saturated rings. The molecule has 0 bridgehead atoms. The number of unbranched alkanes of at least 4 members (excludes halogenated alkanes) is 3. The van der Waals surface area contributed by atoms with Crippen LogP contribution in [0.1, 0.15) is 52.4 Å². The standard InChI is InChI=1S/C15H27NO4/c1-4-7-9-12-19-14(17)13(10-6-3)16-15(18)20-11-8-5-2/h6,13H,3-5,7-12H2,1-2H3,(H,16,18). The van der Waals surface area contributed by atoms with Crippen LogP contribution in [-0.4, -0.2) is 31.3 Å². The Hall–Kier alpha value is -1.52. The van der Waals surface area contributed by atoms with Gasteiger partial charge in [0, 0.05) is 0 Å². The van der Waals surface area contributed by atoms with E-state index >= 15 is 0 Å². The Morgan fingerprint density at radius 3 is 2.35 bits per heavy atom. The molecular weight excluding hydrogens is 258 g/mol. The van der Waals surface area contributed by atoms with Gasteiger partial charge in [-0.3, -0.25) is 0 Å². The maximum Gasteiger partial charge on any atom is 0.407 e. The zero-order chi connectivity index (χ0) is 15.2. The van der Waals surface area contributed by atoms with Crippen LogP contribution >= 0.6 is 0 Å². The number of amides is 1. The van der Waals surface area contributed by atoms with Gasteiger partial charge in [-0.05, 0) is 19.3 Å². The van der Waals surface area contributed by atoms with E-state index in [0.29, 0.717) is 19.6 Å². The smallest absolute Gasteiger partial charge is 0.407 e. The van der Waals surface area contributed by atoms with Crippen molar-refractivity contribution in [1.29, 1.82) is 0 Å². The van der Waals surface area contributed by atoms with E-state index in [9.17, 15) is 9.59 Å². The first-order chi connectivity index (χ1) is 9.65. The van der Waals surface area contributed by atoms with Gasteiger partial charge in [-0.25, -0.2) is 9.59 Å². The van der Waals surface area contributed by atoms with Gasteiger partial charge in [0.05, 0.1) is 13.2 Å². The summed E-state index contributed by atoms with van der Waals surface area (Å²) in [5.74, 6) is -0.437. The van der Waals surface area contributed by atoms with Crippen LogP contribution in [-0.2, 0) is 14.3 Å². The van der Waals surface area contributed by atoms with Crippen LogP contribution in [0.25, 0.3) is 0 Å². The van der Waals surface area contributed by atoms with Gasteiger partial charge in [0.15, 0.2) is 0 Å². The SMILES string of the molecule is C=CCC(NC(=O)OCCCC)C(=O)OCCCCC. The minimum atomic E-state index is -0.719. The van der Waals surface area contributed by atoms with E-state index in [1.165, 1.54) is 0 Å². The molecule has 1 unspecified atom stereocenters. The maximum absolute atomic E-state index is 11.8. The number of carbonyl (C=O) groups is 2. The van der Waals surface area contributed by atoms with Gasteiger partial charge in [0.1, 0.15) is 6.04 Å². The molecule has 116 valence electrons. The van der Waals surface area contributed by atoms with E-state index in [2.05, 4.69) is 18.8 Å². The van der Waals surface area contributed by atoms with Crippen molar-refractivity contribution in [2.45, 2.75) is 58.4 Å². The molecule has 20 heavy (non-hydrogen) atoms. The second-order valence-corrected chi connectivity index (χ2v) is 4.59. The molecule has 1 N–H and O–H groups in total. The molecule has 0 aromatic heterocycles. The van der Waals surface area contributed by atoms with E-state index in [-0.39, 0.29) is 0 Å². The van der Waals surface area contributed by atoms with Crippen LogP contribution in [0.4, 0.5) is 4.79 Å².